The Balaban J connectivity index is 2.31. The van der Waals surface area contributed by atoms with E-state index in [4.69, 9.17) is 0 Å². The molecule has 1 atom stereocenters. The average Bonchev–Trinajstić information content (AvgIpc) is 2.89. The molecule has 0 radical (unpaired) electrons. The first-order valence-electron chi connectivity index (χ1n) is 7.72. The van der Waals surface area contributed by atoms with E-state index in [1.807, 2.05) is 29.8 Å². The molecule has 114 valence electrons. The fourth-order valence-electron chi connectivity index (χ4n) is 2.47. The molecular formula is C18H26N2O. The first-order chi connectivity index (χ1) is 9.86. The molecule has 0 amide bonds. The second-order valence-electron chi connectivity index (χ2n) is 6.50. The second kappa shape index (κ2) is 6.02. The fraction of sp³-hybridized carbons (Fsp3) is 0.500. The van der Waals surface area contributed by atoms with Gasteiger partial charge in [0, 0.05) is 6.54 Å². The van der Waals surface area contributed by atoms with E-state index in [0.29, 0.717) is 0 Å². The number of aliphatic hydroxyl groups excluding tert-OH is 1. The lowest BCUT2D eigenvalue weighted by Crippen LogP contribution is -2.12. The highest BCUT2D eigenvalue weighted by Gasteiger charge is 2.18. The number of aryl methyl sites for hydroxylation is 2. The zero-order chi connectivity index (χ0) is 15.6. The zero-order valence-corrected chi connectivity index (χ0v) is 13.7. The van der Waals surface area contributed by atoms with E-state index in [-0.39, 0.29) is 5.41 Å². The van der Waals surface area contributed by atoms with Crippen LogP contribution in [0.25, 0.3) is 0 Å². The normalized spacial score (nSPS) is 13.4. The van der Waals surface area contributed by atoms with Crippen LogP contribution in [0.15, 0.2) is 30.3 Å². The Kier molecular flexibility index (Phi) is 4.52. The van der Waals surface area contributed by atoms with Crippen LogP contribution in [-0.4, -0.2) is 14.9 Å². The van der Waals surface area contributed by atoms with E-state index in [2.05, 4.69) is 44.9 Å². The molecule has 3 nitrogen and oxygen atoms in total. The summed E-state index contributed by atoms with van der Waals surface area (Å²) in [7, 11) is 0. The van der Waals surface area contributed by atoms with Gasteiger partial charge < -0.3 is 5.11 Å². The first-order valence-corrected chi connectivity index (χ1v) is 7.72. The van der Waals surface area contributed by atoms with Crippen molar-refractivity contribution in [2.45, 2.75) is 59.1 Å². The highest BCUT2D eigenvalue weighted by atomic mass is 16.3. The van der Waals surface area contributed by atoms with Gasteiger partial charge in [0.1, 0.15) is 6.10 Å². The lowest BCUT2D eigenvalue weighted by Gasteiger charge is -2.20. The highest BCUT2D eigenvalue weighted by molar-refractivity contribution is 5.32. The monoisotopic (exact) mass is 286 g/mol. The van der Waals surface area contributed by atoms with Crippen LogP contribution in [0.2, 0.25) is 0 Å². The summed E-state index contributed by atoms with van der Waals surface area (Å²) in [5, 5.41) is 15.2. The molecule has 1 heterocycles. The molecule has 21 heavy (non-hydrogen) atoms. The number of aromatic nitrogens is 2. The van der Waals surface area contributed by atoms with Gasteiger partial charge in [0.15, 0.2) is 0 Å². The van der Waals surface area contributed by atoms with Crippen LogP contribution in [-0.2, 0) is 18.4 Å². The van der Waals surface area contributed by atoms with Crippen LogP contribution < -0.4 is 0 Å². The molecule has 0 fully saturated rings. The summed E-state index contributed by atoms with van der Waals surface area (Å²) in [6.45, 7) is 11.5. The second-order valence-corrected chi connectivity index (χ2v) is 6.50. The molecule has 0 saturated heterocycles. The van der Waals surface area contributed by atoms with Gasteiger partial charge >= 0.3 is 0 Å². The van der Waals surface area contributed by atoms with Gasteiger partial charge in [-0.1, -0.05) is 52.0 Å². The molecule has 0 saturated carbocycles. The van der Waals surface area contributed by atoms with E-state index in [0.717, 1.165) is 29.9 Å². The van der Waals surface area contributed by atoms with Gasteiger partial charge in [-0.2, -0.15) is 5.10 Å². The SMILES string of the molecule is CCc1cc(C(O)c2ccc(C(C)(C)C)cc2)n(CC)n1. The maximum absolute atomic E-state index is 10.6. The van der Waals surface area contributed by atoms with E-state index in [9.17, 15) is 5.11 Å². The van der Waals surface area contributed by atoms with Crippen molar-refractivity contribution in [3.05, 3.63) is 52.8 Å². The molecule has 2 rings (SSSR count). The molecule has 0 aliphatic heterocycles. The standard InChI is InChI=1S/C18H26N2O/c1-6-15-12-16(20(7-2)19-15)17(21)13-8-10-14(11-9-13)18(3,4)5/h8-12,17,21H,6-7H2,1-5H3. The van der Waals surface area contributed by atoms with Gasteiger partial charge in [-0.25, -0.2) is 0 Å². The molecule has 1 aromatic heterocycles. The zero-order valence-electron chi connectivity index (χ0n) is 13.7. The minimum absolute atomic E-state index is 0.129. The Morgan fingerprint density at radius 3 is 2.24 bits per heavy atom. The third-order valence-corrected chi connectivity index (χ3v) is 3.90. The van der Waals surface area contributed by atoms with E-state index in [1.165, 1.54) is 5.56 Å². The topological polar surface area (TPSA) is 38.0 Å². The van der Waals surface area contributed by atoms with Crippen molar-refractivity contribution in [3.63, 3.8) is 0 Å². The number of benzene rings is 1. The van der Waals surface area contributed by atoms with Crippen molar-refractivity contribution < 1.29 is 5.11 Å². The lowest BCUT2D eigenvalue weighted by atomic mass is 9.86. The van der Waals surface area contributed by atoms with Gasteiger partial charge in [0.05, 0.1) is 11.4 Å². The van der Waals surface area contributed by atoms with Crippen LogP contribution in [0.5, 0.6) is 0 Å². The smallest absolute Gasteiger partial charge is 0.121 e. The largest absolute Gasteiger partial charge is 0.382 e. The molecular weight excluding hydrogens is 260 g/mol. The number of hydrogen-bond donors (Lipinski definition) is 1. The summed E-state index contributed by atoms with van der Waals surface area (Å²) in [5.74, 6) is 0. The minimum Gasteiger partial charge on any atom is -0.382 e. The number of aliphatic hydroxyl groups is 1. The molecule has 0 aliphatic rings. The van der Waals surface area contributed by atoms with Gasteiger partial charge in [-0.05, 0) is 36.0 Å². The predicted octanol–water partition coefficient (Wildman–Crippen LogP) is 3.84. The molecule has 1 N–H and O–H groups in total. The third-order valence-electron chi connectivity index (χ3n) is 3.90. The molecule has 0 bridgehead atoms. The van der Waals surface area contributed by atoms with E-state index in [1.54, 1.807) is 0 Å². The molecule has 0 aliphatic carbocycles. The lowest BCUT2D eigenvalue weighted by molar-refractivity contribution is 0.208. The van der Waals surface area contributed by atoms with Crippen molar-refractivity contribution in [2.75, 3.05) is 0 Å². The Bertz CT molecular complexity index is 591. The number of rotatable bonds is 4. The van der Waals surface area contributed by atoms with Crippen molar-refractivity contribution in [1.82, 2.24) is 9.78 Å². The molecule has 1 aromatic carbocycles. The summed E-state index contributed by atoms with van der Waals surface area (Å²) in [4.78, 5) is 0. The maximum Gasteiger partial charge on any atom is 0.121 e. The Labute approximate surface area is 127 Å². The van der Waals surface area contributed by atoms with Crippen molar-refractivity contribution in [3.8, 4) is 0 Å². The van der Waals surface area contributed by atoms with Crippen molar-refractivity contribution in [1.29, 1.82) is 0 Å². The predicted molar refractivity (Wildman–Crippen MR) is 86.5 cm³/mol. The summed E-state index contributed by atoms with van der Waals surface area (Å²) < 4.78 is 1.89. The molecule has 0 spiro atoms. The van der Waals surface area contributed by atoms with Gasteiger partial charge in [0.2, 0.25) is 0 Å². The van der Waals surface area contributed by atoms with E-state index >= 15 is 0 Å². The van der Waals surface area contributed by atoms with Crippen LogP contribution >= 0.6 is 0 Å². The van der Waals surface area contributed by atoms with Crippen LogP contribution in [0.3, 0.4) is 0 Å². The van der Waals surface area contributed by atoms with Gasteiger partial charge in [-0.3, -0.25) is 4.68 Å². The summed E-state index contributed by atoms with van der Waals surface area (Å²) >= 11 is 0. The molecule has 2 aromatic rings. The Morgan fingerprint density at radius 1 is 1.14 bits per heavy atom. The Hall–Kier alpha value is -1.61. The summed E-state index contributed by atoms with van der Waals surface area (Å²) in [6, 6.07) is 10.2. The fourth-order valence-corrected chi connectivity index (χ4v) is 2.47. The minimum atomic E-state index is -0.619. The van der Waals surface area contributed by atoms with Crippen LogP contribution in [0.4, 0.5) is 0 Å². The maximum atomic E-state index is 10.6. The Morgan fingerprint density at radius 2 is 1.76 bits per heavy atom. The van der Waals surface area contributed by atoms with Gasteiger partial charge in [-0.15, -0.1) is 0 Å². The van der Waals surface area contributed by atoms with Crippen LogP contribution in [0.1, 0.15) is 63.2 Å². The summed E-state index contributed by atoms with van der Waals surface area (Å²) in [5.41, 5.74) is 4.22. The van der Waals surface area contributed by atoms with Crippen molar-refractivity contribution in [2.24, 2.45) is 0 Å². The highest BCUT2D eigenvalue weighted by Crippen LogP contribution is 2.27. The quantitative estimate of drug-likeness (QED) is 0.927. The average molecular weight is 286 g/mol. The first kappa shape index (κ1) is 15.8. The van der Waals surface area contributed by atoms with Gasteiger partial charge in [0.25, 0.3) is 0 Å². The van der Waals surface area contributed by atoms with Crippen LogP contribution in [0, 0.1) is 0 Å². The van der Waals surface area contributed by atoms with E-state index < -0.39 is 6.10 Å². The number of hydrogen-bond acceptors (Lipinski definition) is 2. The molecule has 1 unspecified atom stereocenters. The third kappa shape index (κ3) is 3.35. The summed E-state index contributed by atoms with van der Waals surface area (Å²) in [6.07, 6.45) is 0.266. The number of nitrogens with zero attached hydrogens (tertiary/aromatic N) is 2. The molecule has 3 heteroatoms. The van der Waals surface area contributed by atoms with Crippen molar-refractivity contribution >= 4 is 0 Å².